The third-order valence-electron chi connectivity index (χ3n) is 2.16. The summed E-state index contributed by atoms with van der Waals surface area (Å²) in [4.78, 5) is 11.6. The minimum Gasteiger partial charge on any atom is -0.479 e. The van der Waals surface area contributed by atoms with Crippen LogP contribution >= 0.6 is 23.2 Å². The van der Waals surface area contributed by atoms with Gasteiger partial charge in [-0.05, 0) is 26.0 Å². The Balaban J connectivity index is 2.61. The first-order chi connectivity index (χ1) is 8.41. The fourth-order valence-corrected chi connectivity index (χ4v) is 1.55. The molecule has 1 aromatic rings. The Hall–Kier alpha value is -0.970. The van der Waals surface area contributed by atoms with Crippen LogP contribution in [-0.4, -0.2) is 29.8 Å². The maximum Gasteiger partial charge on any atom is 0.260 e. The molecular formula is C12H15Cl2NO3. The number of carbonyl (C=O) groups excluding carboxylic acids is 1. The van der Waals surface area contributed by atoms with Gasteiger partial charge in [0.15, 0.2) is 6.10 Å². The van der Waals surface area contributed by atoms with Crippen LogP contribution in [0.15, 0.2) is 18.2 Å². The predicted molar refractivity (Wildman–Crippen MR) is 71.2 cm³/mol. The number of carbonyl (C=O) groups is 1. The molecule has 0 heterocycles. The summed E-state index contributed by atoms with van der Waals surface area (Å²) in [7, 11) is 0. The van der Waals surface area contributed by atoms with Crippen LogP contribution < -0.4 is 10.1 Å². The maximum atomic E-state index is 11.6. The number of nitrogens with one attached hydrogen (secondary N) is 1. The van der Waals surface area contributed by atoms with E-state index in [9.17, 15) is 4.79 Å². The van der Waals surface area contributed by atoms with E-state index in [1.165, 1.54) is 0 Å². The van der Waals surface area contributed by atoms with E-state index in [0.717, 1.165) is 0 Å². The van der Waals surface area contributed by atoms with Crippen LogP contribution in [0, 0.1) is 0 Å². The van der Waals surface area contributed by atoms with Gasteiger partial charge in [-0.1, -0.05) is 29.3 Å². The predicted octanol–water partition coefficient (Wildman–Crippen LogP) is 2.26. The molecule has 18 heavy (non-hydrogen) atoms. The Kier molecular flexibility index (Phi) is 5.72. The highest BCUT2D eigenvalue weighted by molar-refractivity contribution is 6.42. The monoisotopic (exact) mass is 291 g/mol. The molecule has 0 aliphatic carbocycles. The number of hydrogen-bond acceptors (Lipinski definition) is 3. The number of aliphatic hydroxyl groups excluding tert-OH is 1. The van der Waals surface area contributed by atoms with Crippen molar-refractivity contribution < 1.29 is 14.6 Å². The Morgan fingerprint density at radius 1 is 1.44 bits per heavy atom. The van der Waals surface area contributed by atoms with Gasteiger partial charge in [0.05, 0.1) is 11.1 Å². The first kappa shape index (κ1) is 15.1. The average Bonchev–Trinajstić information content (AvgIpc) is 2.31. The Morgan fingerprint density at radius 2 is 2.11 bits per heavy atom. The maximum absolute atomic E-state index is 11.6. The third-order valence-corrected chi connectivity index (χ3v) is 2.96. The standard InChI is InChI=1S/C12H15Cl2NO3/c1-7(16)6-15-12(17)8(2)18-10-5-3-4-9(13)11(10)14/h3-5,7-8,16H,6H2,1-2H3,(H,15,17). The van der Waals surface area contributed by atoms with Gasteiger partial charge in [-0.2, -0.15) is 0 Å². The van der Waals surface area contributed by atoms with Crippen LogP contribution in [0.3, 0.4) is 0 Å². The molecule has 0 saturated carbocycles. The van der Waals surface area contributed by atoms with Crippen molar-refractivity contribution in [3.05, 3.63) is 28.2 Å². The largest absolute Gasteiger partial charge is 0.479 e. The molecule has 2 atom stereocenters. The van der Waals surface area contributed by atoms with Crippen molar-refractivity contribution in [2.75, 3.05) is 6.54 Å². The molecule has 0 fully saturated rings. The topological polar surface area (TPSA) is 58.6 Å². The van der Waals surface area contributed by atoms with E-state index in [-0.39, 0.29) is 17.5 Å². The van der Waals surface area contributed by atoms with E-state index >= 15 is 0 Å². The van der Waals surface area contributed by atoms with Gasteiger partial charge < -0.3 is 15.2 Å². The molecule has 6 heteroatoms. The van der Waals surface area contributed by atoms with E-state index in [4.69, 9.17) is 33.0 Å². The average molecular weight is 292 g/mol. The van der Waals surface area contributed by atoms with Crippen molar-refractivity contribution in [2.45, 2.75) is 26.1 Å². The van der Waals surface area contributed by atoms with Gasteiger partial charge in [-0.3, -0.25) is 4.79 Å². The molecule has 0 bridgehead atoms. The van der Waals surface area contributed by atoms with Crippen LogP contribution in [0.5, 0.6) is 5.75 Å². The summed E-state index contributed by atoms with van der Waals surface area (Å²) in [5.41, 5.74) is 0. The number of rotatable bonds is 5. The molecule has 1 rings (SSSR count). The van der Waals surface area contributed by atoms with Gasteiger partial charge in [-0.25, -0.2) is 0 Å². The van der Waals surface area contributed by atoms with E-state index < -0.39 is 12.2 Å². The second-order valence-electron chi connectivity index (χ2n) is 3.91. The molecule has 100 valence electrons. The van der Waals surface area contributed by atoms with Crippen molar-refractivity contribution in [3.63, 3.8) is 0 Å². The Labute approximate surface area is 116 Å². The molecule has 1 aromatic carbocycles. The number of amides is 1. The molecule has 0 spiro atoms. The lowest BCUT2D eigenvalue weighted by molar-refractivity contribution is -0.127. The molecule has 1 amide bonds. The van der Waals surface area contributed by atoms with Crippen LogP contribution in [0.25, 0.3) is 0 Å². The van der Waals surface area contributed by atoms with Crippen molar-refractivity contribution in [1.29, 1.82) is 0 Å². The zero-order chi connectivity index (χ0) is 13.7. The fourth-order valence-electron chi connectivity index (χ4n) is 1.21. The molecular weight excluding hydrogens is 277 g/mol. The summed E-state index contributed by atoms with van der Waals surface area (Å²) >= 11 is 11.8. The number of benzene rings is 1. The van der Waals surface area contributed by atoms with E-state index in [1.54, 1.807) is 32.0 Å². The molecule has 2 unspecified atom stereocenters. The summed E-state index contributed by atoms with van der Waals surface area (Å²) in [5, 5.41) is 12.2. The highest BCUT2D eigenvalue weighted by atomic mass is 35.5. The highest BCUT2D eigenvalue weighted by Crippen LogP contribution is 2.31. The summed E-state index contributed by atoms with van der Waals surface area (Å²) in [6.45, 7) is 3.35. The zero-order valence-corrected chi connectivity index (χ0v) is 11.6. The van der Waals surface area contributed by atoms with Gasteiger partial charge >= 0.3 is 0 Å². The highest BCUT2D eigenvalue weighted by Gasteiger charge is 2.16. The number of hydrogen-bond donors (Lipinski definition) is 2. The normalized spacial score (nSPS) is 13.8. The number of ether oxygens (including phenoxy) is 1. The minimum atomic E-state index is -0.722. The fraction of sp³-hybridized carbons (Fsp3) is 0.417. The number of aliphatic hydroxyl groups is 1. The molecule has 0 saturated heterocycles. The lowest BCUT2D eigenvalue weighted by atomic mass is 10.3. The Morgan fingerprint density at radius 3 is 2.72 bits per heavy atom. The summed E-state index contributed by atoms with van der Waals surface area (Å²) in [6, 6.07) is 4.95. The molecule has 0 aliphatic heterocycles. The van der Waals surface area contributed by atoms with Gasteiger partial charge in [-0.15, -0.1) is 0 Å². The third kappa shape index (κ3) is 4.37. The van der Waals surface area contributed by atoms with Crippen LogP contribution in [0.2, 0.25) is 10.0 Å². The molecule has 0 aromatic heterocycles. The minimum absolute atomic E-state index is 0.176. The zero-order valence-electron chi connectivity index (χ0n) is 10.1. The molecule has 0 aliphatic rings. The Bertz CT molecular complexity index is 424. The summed E-state index contributed by atoms with van der Waals surface area (Å²) in [6.07, 6.45) is -1.32. The SMILES string of the molecule is CC(O)CNC(=O)C(C)Oc1cccc(Cl)c1Cl. The quantitative estimate of drug-likeness (QED) is 0.875. The molecule has 4 nitrogen and oxygen atoms in total. The second kappa shape index (κ2) is 6.83. The van der Waals surface area contributed by atoms with Crippen LogP contribution in [0.4, 0.5) is 0 Å². The lowest BCUT2D eigenvalue weighted by Gasteiger charge is -2.16. The van der Waals surface area contributed by atoms with E-state index in [1.807, 2.05) is 0 Å². The first-order valence-electron chi connectivity index (χ1n) is 5.48. The molecule has 0 radical (unpaired) electrons. The van der Waals surface area contributed by atoms with Crippen molar-refractivity contribution in [3.8, 4) is 5.75 Å². The van der Waals surface area contributed by atoms with Crippen molar-refractivity contribution in [1.82, 2.24) is 5.32 Å². The summed E-state index contributed by atoms with van der Waals surface area (Å²) in [5.74, 6) is 0.0239. The first-order valence-corrected chi connectivity index (χ1v) is 6.24. The van der Waals surface area contributed by atoms with Crippen molar-refractivity contribution in [2.24, 2.45) is 0 Å². The van der Waals surface area contributed by atoms with Crippen LogP contribution in [0.1, 0.15) is 13.8 Å². The van der Waals surface area contributed by atoms with Gasteiger partial charge in [0.1, 0.15) is 10.8 Å². The van der Waals surface area contributed by atoms with Gasteiger partial charge in [0, 0.05) is 6.54 Å². The van der Waals surface area contributed by atoms with E-state index in [2.05, 4.69) is 5.32 Å². The van der Waals surface area contributed by atoms with Crippen molar-refractivity contribution >= 4 is 29.1 Å². The smallest absolute Gasteiger partial charge is 0.260 e. The van der Waals surface area contributed by atoms with Gasteiger partial charge in [0.2, 0.25) is 0 Å². The lowest BCUT2D eigenvalue weighted by Crippen LogP contribution is -2.39. The number of halogens is 2. The second-order valence-corrected chi connectivity index (χ2v) is 4.69. The van der Waals surface area contributed by atoms with Gasteiger partial charge in [0.25, 0.3) is 5.91 Å². The van der Waals surface area contributed by atoms with E-state index in [0.29, 0.717) is 10.8 Å². The van der Waals surface area contributed by atoms with Crippen LogP contribution in [-0.2, 0) is 4.79 Å². The molecule has 2 N–H and O–H groups in total. The summed E-state index contributed by atoms with van der Waals surface area (Å²) < 4.78 is 5.41.